The fraction of sp³-hybridized carbons (Fsp3) is 0.500. The standard InChI is InChI=1S/C18H24BrClN2O3S/c1-26(24,25)22(15-9-10-16(19)17(20)12-15)11-5-8-18(23)21-13-14-6-3-2-4-7-14/h6,9-10,12H,2-5,7-8,11,13H2,1H3,(H,21,23). The molecule has 1 N–H and O–H groups in total. The first-order valence-corrected chi connectivity index (χ1v) is 11.7. The summed E-state index contributed by atoms with van der Waals surface area (Å²) in [6.07, 6.45) is 8.61. The highest BCUT2D eigenvalue weighted by Gasteiger charge is 2.18. The first-order chi connectivity index (χ1) is 12.3. The second kappa shape index (κ2) is 9.76. The number of hydrogen-bond donors (Lipinski definition) is 1. The highest BCUT2D eigenvalue weighted by Crippen LogP contribution is 2.29. The molecule has 0 aromatic heterocycles. The Bertz CT molecular complexity index is 781. The largest absolute Gasteiger partial charge is 0.352 e. The summed E-state index contributed by atoms with van der Waals surface area (Å²) in [4.78, 5) is 12.0. The van der Waals surface area contributed by atoms with Crippen molar-refractivity contribution in [2.45, 2.75) is 38.5 Å². The lowest BCUT2D eigenvalue weighted by molar-refractivity contribution is -0.120. The number of halogens is 2. The molecule has 0 heterocycles. The molecule has 2 rings (SSSR count). The third kappa shape index (κ3) is 6.59. The van der Waals surface area contributed by atoms with Gasteiger partial charge in [0.2, 0.25) is 15.9 Å². The predicted molar refractivity (Wildman–Crippen MR) is 110 cm³/mol. The third-order valence-corrected chi connectivity index (χ3v) is 6.68. The van der Waals surface area contributed by atoms with Crippen LogP contribution in [0, 0.1) is 0 Å². The molecular weight excluding hydrogens is 440 g/mol. The van der Waals surface area contributed by atoms with Crippen LogP contribution in [0.5, 0.6) is 0 Å². The summed E-state index contributed by atoms with van der Waals surface area (Å²) in [5, 5.41) is 3.36. The Hall–Kier alpha value is -1.05. The maximum atomic E-state index is 12.1. The third-order valence-electron chi connectivity index (χ3n) is 4.25. The monoisotopic (exact) mass is 462 g/mol. The number of hydrogen-bond acceptors (Lipinski definition) is 3. The molecule has 144 valence electrons. The minimum Gasteiger partial charge on any atom is -0.352 e. The van der Waals surface area contributed by atoms with Gasteiger partial charge in [-0.2, -0.15) is 0 Å². The average molecular weight is 464 g/mol. The van der Waals surface area contributed by atoms with E-state index in [1.165, 1.54) is 22.7 Å². The fourth-order valence-electron chi connectivity index (χ4n) is 2.88. The van der Waals surface area contributed by atoms with E-state index in [9.17, 15) is 13.2 Å². The average Bonchev–Trinajstić information content (AvgIpc) is 2.59. The van der Waals surface area contributed by atoms with Crippen LogP contribution in [-0.2, 0) is 14.8 Å². The van der Waals surface area contributed by atoms with E-state index < -0.39 is 10.0 Å². The molecule has 8 heteroatoms. The second-order valence-corrected chi connectivity index (χ2v) is 9.59. The van der Waals surface area contributed by atoms with Crippen molar-refractivity contribution in [2.75, 3.05) is 23.7 Å². The van der Waals surface area contributed by atoms with Crippen molar-refractivity contribution in [3.63, 3.8) is 0 Å². The van der Waals surface area contributed by atoms with E-state index in [0.29, 0.717) is 28.1 Å². The van der Waals surface area contributed by atoms with Crippen LogP contribution in [-0.4, -0.2) is 33.7 Å². The molecule has 1 aliphatic carbocycles. The van der Waals surface area contributed by atoms with Crippen LogP contribution in [0.4, 0.5) is 5.69 Å². The van der Waals surface area contributed by atoms with Gasteiger partial charge in [0, 0.05) is 24.0 Å². The fourth-order valence-corrected chi connectivity index (χ4v) is 4.25. The Morgan fingerprint density at radius 1 is 1.35 bits per heavy atom. The molecule has 1 amide bonds. The van der Waals surface area contributed by atoms with Gasteiger partial charge in [0.1, 0.15) is 0 Å². The van der Waals surface area contributed by atoms with Crippen molar-refractivity contribution in [3.8, 4) is 0 Å². The van der Waals surface area contributed by atoms with E-state index in [2.05, 4.69) is 27.3 Å². The van der Waals surface area contributed by atoms with Gasteiger partial charge in [-0.05, 0) is 66.2 Å². The normalized spacial score (nSPS) is 14.7. The van der Waals surface area contributed by atoms with Crippen LogP contribution in [0.2, 0.25) is 5.02 Å². The zero-order valence-electron chi connectivity index (χ0n) is 14.8. The van der Waals surface area contributed by atoms with E-state index in [0.717, 1.165) is 19.1 Å². The zero-order chi connectivity index (χ0) is 19.2. The van der Waals surface area contributed by atoms with Crippen LogP contribution < -0.4 is 9.62 Å². The molecule has 0 saturated carbocycles. The van der Waals surface area contributed by atoms with Gasteiger partial charge in [-0.1, -0.05) is 23.3 Å². The lowest BCUT2D eigenvalue weighted by Gasteiger charge is -2.22. The topological polar surface area (TPSA) is 66.5 Å². The van der Waals surface area contributed by atoms with Gasteiger partial charge in [0.25, 0.3) is 0 Å². The number of nitrogens with one attached hydrogen (secondary N) is 1. The van der Waals surface area contributed by atoms with E-state index in [1.807, 2.05) is 0 Å². The van der Waals surface area contributed by atoms with E-state index in [-0.39, 0.29) is 18.9 Å². The minimum atomic E-state index is -3.46. The SMILES string of the molecule is CS(=O)(=O)N(CCCC(=O)NCC1=CCCCC1)c1ccc(Br)c(Cl)c1. The molecule has 26 heavy (non-hydrogen) atoms. The van der Waals surface area contributed by atoms with Crippen LogP contribution >= 0.6 is 27.5 Å². The van der Waals surface area contributed by atoms with Gasteiger partial charge in [-0.15, -0.1) is 0 Å². The van der Waals surface area contributed by atoms with Crippen molar-refractivity contribution in [3.05, 3.63) is 39.3 Å². The maximum Gasteiger partial charge on any atom is 0.232 e. The summed E-state index contributed by atoms with van der Waals surface area (Å²) in [5.41, 5.74) is 1.78. The number of nitrogens with zero attached hydrogens (tertiary/aromatic N) is 1. The van der Waals surface area contributed by atoms with Crippen molar-refractivity contribution in [2.24, 2.45) is 0 Å². The Morgan fingerprint density at radius 3 is 2.73 bits per heavy atom. The number of anilines is 1. The smallest absolute Gasteiger partial charge is 0.232 e. The Morgan fingerprint density at radius 2 is 2.12 bits per heavy atom. The molecule has 0 saturated heterocycles. The molecule has 1 aromatic rings. The molecule has 0 radical (unpaired) electrons. The Labute approximate surface area is 169 Å². The number of amides is 1. The van der Waals surface area contributed by atoms with Gasteiger partial charge in [-0.3, -0.25) is 9.10 Å². The van der Waals surface area contributed by atoms with Crippen LogP contribution in [0.15, 0.2) is 34.3 Å². The number of carbonyl (C=O) groups excluding carboxylic acids is 1. The number of benzene rings is 1. The maximum absolute atomic E-state index is 12.1. The van der Waals surface area contributed by atoms with E-state index >= 15 is 0 Å². The van der Waals surface area contributed by atoms with E-state index in [4.69, 9.17) is 11.6 Å². The van der Waals surface area contributed by atoms with Gasteiger partial charge in [0.15, 0.2) is 0 Å². The van der Waals surface area contributed by atoms with Crippen molar-refractivity contribution in [1.29, 1.82) is 0 Å². The molecule has 1 aliphatic rings. The highest BCUT2D eigenvalue weighted by molar-refractivity contribution is 9.10. The lowest BCUT2D eigenvalue weighted by atomic mass is 10.00. The number of carbonyl (C=O) groups is 1. The van der Waals surface area contributed by atoms with Gasteiger partial charge < -0.3 is 5.32 Å². The molecule has 0 fully saturated rings. The lowest BCUT2D eigenvalue weighted by Crippen LogP contribution is -2.32. The molecule has 0 aliphatic heterocycles. The predicted octanol–water partition coefficient (Wildman–Crippen LogP) is 4.27. The molecular formula is C18H24BrClN2O3S. The van der Waals surface area contributed by atoms with Crippen LogP contribution in [0.25, 0.3) is 0 Å². The van der Waals surface area contributed by atoms with Gasteiger partial charge >= 0.3 is 0 Å². The summed E-state index contributed by atoms with van der Waals surface area (Å²) in [6, 6.07) is 5.00. The van der Waals surface area contributed by atoms with Crippen molar-refractivity contribution >= 4 is 49.1 Å². The molecule has 5 nitrogen and oxygen atoms in total. The summed E-state index contributed by atoms with van der Waals surface area (Å²) in [5.74, 6) is -0.0567. The highest BCUT2D eigenvalue weighted by atomic mass is 79.9. The van der Waals surface area contributed by atoms with E-state index in [1.54, 1.807) is 18.2 Å². The Kier molecular flexibility index (Phi) is 7.98. The molecule has 1 aromatic carbocycles. The van der Waals surface area contributed by atoms with Gasteiger partial charge in [-0.25, -0.2) is 8.42 Å². The van der Waals surface area contributed by atoms with Crippen molar-refractivity contribution < 1.29 is 13.2 Å². The zero-order valence-corrected chi connectivity index (χ0v) is 18.0. The molecule has 0 spiro atoms. The molecule has 0 unspecified atom stereocenters. The first-order valence-electron chi connectivity index (χ1n) is 8.65. The second-order valence-electron chi connectivity index (χ2n) is 6.42. The summed E-state index contributed by atoms with van der Waals surface area (Å²) in [7, 11) is -3.46. The number of allylic oxidation sites excluding steroid dienone is 1. The number of sulfonamides is 1. The number of rotatable bonds is 8. The molecule has 0 bridgehead atoms. The Balaban J connectivity index is 1.88. The summed E-state index contributed by atoms with van der Waals surface area (Å²) in [6.45, 7) is 0.823. The molecule has 0 atom stereocenters. The van der Waals surface area contributed by atoms with Crippen LogP contribution in [0.3, 0.4) is 0 Å². The van der Waals surface area contributed by atoms with Gasteiger partial charge in [0.05, 0.1) is 17.0 Å². The van der Waals surface area contributed by atoms with Crippen molar-refractivity contribution in [1.82, 2.24) is 5.32 Å². The summed E-state index contributed by atoms with van der Waals surface area (Å²) >= 11 is 9.36. The first kappa shape index (κ1) is 21.3. The quantitative estimate of drug-likeness (QED) is 0.586. The minimum absolute atomic E-state index is 0.0567. The summed E-state index contributed by atoms with van der Waals surface area (Å²) < 4.78 is 26.2. The van der Waals surface area contributed by atoms with Crippen LogP contribution in [0.1, 0.15) is 38.5 Å².